The van der Waals surface area contributed by atoms with Crippen LogP contribution in [0.25, 0.3) is 11.2 Å². The number of methoxy groups -OCH3 is 1. The Balaban J connectivity index is 1.37. The second-order valence-corrected chi connectivity index (χ2v) is 10.1. The van der Waals surface area contributed by atoms with Crippen molar-refractivity contribution in [2.45, 2.75) is 25.0 Å². The summed E-state index contributed by atoms with van der Waals surface area (Å²) in [5, 5.41) is 11.3. The third-order valence-electron chi connectivity index (χ3n) is 7.37. The van der Waals surface area contributed by atoms with Crippen LogP contribution in [-0.4, -0.2) is 76.2 Å². The fourth-order valence-electron chi connectivity index (χ4n) is 5.18. The van der Waals surface area contributed by atoms with E-state index in [1.807, 2.05) is 12.1 Å². The summed E-state index contributed by atoms with van der Waals surface area (Å²) in [7, 11) is 1.57. The zero-order valence-electron chi connectivity index (χ0n) is 23.2. The van der Waals surface area contributed by atoms with Crippen molar-refractivity contribution in [1.29, 1.82) is 0 Å². The van der Waals surface area contributed by atoms with Gasteiger partial charge in [0.05, 0.1) is 49.4 Å². The highest BCUT2D eigenvalue weighted by Gasteiger charge is 2.39. The number of nitrogen functional groups attached to an aromatic ring is 1. The predicted octanol–water partition coefficient (Wildman–Crippen LogP) is 3.08. The van der Waals surface area contributed by atoms with Gasteiger partial charge in [0.1, 0.15) is 6.61 Å². The van der Waals surface area contributed by atoms with Gasteiger partial charge in [-0.3, -0.25) is 0 Å². The number of aliphatic hydroxyl groups excluding tert-OH is 1. The van der Waals surface area contributed by atoms with Crippen molar-refractivity contribution in [3.8, 4) is 5.88 Å². The molecule has 12 nitrogen and oxygen atoms in total. The van der Waals surface area contributed by atoms with Crippen LogP contribution in [0.4, 0.5) is 5.95 Å². The molecule has 0 saturated heterocycles. The highest BCUT2D eigenvalue weighted by molar-refractivity contribution is 5.89. The average molecular weight is 576 g/mol. The van der Waals surface area contributed by atoms with Gasteiger partial charge in [-0.15, -0.1) is 0 Å². The summed E-state index contributed by atoms with van der Waals surface area (Å²) < 4.78 is 23.8. The molecule has 4 atom stereocenters. The van der Waals surface area contributed by atoms with Gasteiger partial charge in [-0.1, -0.05) is 36.4 Å². The number of carbonyl (C=O) groups excluding carboxylic acids is 2. The Hall–Kier alpha value is -4.55. The van der Waals surface area contributed by atoms with Crippen molar-refractivity contribution in [3.63, 3.8) is 0 Å². The molecule has 0 amide bonds. The second kappa shape index (κ2) is 13.4. The van der Waals surface area contributed by atoms with Crippen LogP contribution in [0, 0.1) is 11.8 Å². The van der Waals surface area contributed by atoms with E-state index in [4.69, 9.17) is 24.7 Å². The van der Waals surface area contributed by atoms with Crippen LogP contribution in [0.5, 0.6) is 5.88 Å². The lowest BCUT2D eigenvalue weighted by Crippen LogP contribution is -2.41. The van der Waals surface area contributed by atoms with Crippen LogP contribution >= 0.6 is 0 Å². The molecular weight excluding hydrogens is 542 g/mol. The van der Waals surface area contributed by atoms with E-state index in [2.05, 4.69) is 15.0 Å². The fraction of sp³-hybridized carbons (Fsp3) is 0.367. The largest absolute Gasteiger partial charge is 0.474 e. The molecule has 12 heteroatoms. The Morgan fingerprint density at radius 3 is 2.10 bits per heavy atom. The van der Waals surface area contributed by atoms with Crippen molar-refractivity contribution < 1.29 is 33.6 Å². The summed E-state index contributed by atoms with van der Waals surface area (Å²) in [4.78, 5) is 38.4. The third-order valence-corrected chi connectivity index (χ3v) is 7.37. The number of nitrogens with two attached hydrogens (primary N) is 1. The summed E-state index contributed by atoms with van der Waals surface area (Å²) in [5.74, 6) is -1.21. The normalized spacial score (nSPS) is 20.2. The molecule has 0 bridgehead atoms. The van der Waals surface area contributed by atoms with E-state index in [0.717, 1.165) is 0 Å². The number of nitrogens with zero attached hydrogens (tertiary/aromatic N) is 4. The van der Waals surface area contributed by atoms with E-state index in [1.165, 1.54) is 0 Å². The Morgan fingerprint density at radius 1 is 0.905 bits per heavy atom. The van der Waals surface area contributed by atoms with Crippen LogP contribution in [0.3, 0.4) is 0 Å². The van der Waals surface area contributed by atoms with Gasteiger partial charge in [0.15, 0.2) is 11.2 Å². The van der Waals surface area contributed by atoms with Gasteiger partial charge in [0.2, 0.25) is 11.8 Å². The number of ether oxygens (including phenoxy) is 4. The van der Waals surface area contributed by atoms with E-state index in [1.54, 1.807) is 66.5 Å². The number of carbonyl (C=O) groups is 2. The topological polar surface area (TPSA) is 161 Å². The monoisotopic (exact) mass is 575 g/mol. The Morgan fingerprint density at radius 2 is 1.50 bits per heavy atom. The molecule has 1 saturated carbocycles. The quantitative estimate of drug-likeness (QED) is 0.200. The summed E-state index contributed by atoms with van der Waals surface area (Å²) in [6.45, 7) is 0.730. The lowest BCUT2D eigenvalue weighted by Gasteiger charge is -2.39. The number of imidazole rings is 1. The van der Waals surface area contributed by atoms with Crippen molar-refractivity contribution in [2.75, 3.05) is 39.3 Å². The first kappa shape index (κ1) is 29.0. The van der Waals surface area contributed by atoms with Crippen LogP contribution in [0.1, 0.15) is 39.6 Å². The number of aliphatic hydroxyl groups is 1. The first-order valence-electron chi connectivity index (χ1n) is 13.7. The number of hydrogen-bond donors (Lipinski definition) is 2. The summed E-state index contributed by atoms with van der Waals surface area (Å²) in [6, 6.07) is 16.9. The number of esters is 2. The Bertz CT molecular complexity index is 1500. The molecule has 1 aliphatic carbocycles. The Labute approximate surface area is 242 Å². The number of rotatable bonds is 11. The maximum absolute atomic E-state index is 12.8. The second-order valence-electron chi connectivity index (χ2n) is 10.1. The minimum Gasteiger partial charge on any atom is -0.474 e. The fourth-order valence-corrected chi connectivity index (χ4v) is 5.18. The zero-order chi connectivity index (χ0) is 29.5. The minimum absolute atomic E-state index is 0.000933. The van der Waals surface area contributed by atoms with Gasteiger partial charge in [-0.2, -0.15) is 9.97 Å². The zero-order valence-corrected chi connectivity index (χ0v) is 23.2. The summed E-state index contributed by atoms with van der Waals surface area (Å²) in [6.07, 6.45) is 1.42. The van der Waals surface area contributed by atoms with Crippen molar-refractivity contribution in [3.05, 3.63) is 78.1 Å². The van der Waals surface area contributed by atoms with E-state index in [0.29, 0.717) is 35.3 Å². The molecule has 3 N–H and O–H groups in total. The van der Waals surface area contributed by atoms with E-state index < -0.39 is 24.1 Å². The first-order valence-corrected chi connectivity index (χ1v) is 13.7. The van der Waals surface area contributed by atoms with Crippen LogP contribution < -0.4 is 10.5 Å². The molecule has 1 aliphatic rings. The smallest absolute Gasteiger partial charge is 0.338 e. The van der Waals surface area contributed by atoms with E-state index >= 15 is 0 Å². The van der Waals surface area contributed by atoms with E-state index in [9.17, 15) is 14.7 Å². The molecule has 2 aromatic heterocycles. The highest BCUT2D eigenvalue weighted by Crippen LogP contribution is 2.39. The number of aromatic nitrogens is 4. The number of anilines is 1. The first-order chi connectivity index (χ1) is 20.4. The molecule has 2 heterocycles. The lowest BCUT2D eigenvalue weighted by molar-refractivity contribution is -0.0294. The van der Waals surface area contributed by atoms with Gasteiger partial charge in [-0.05, 0) is 37.1 Å². The maximum Gasteiger partial charge on any atom is 0.338 e. The number of benzene rings is 2. The summed E-state index contributed by atoms with van der Waals surface area (Å²) in [5.41, 5.74) is 7.66. The molecule has 0 spiro atoms. The van der Waals surface area contributed by atoms with Crippen molar-refractivity contribution in [2.24, 2.45) is 11.8 Å². The van der Waals surface area contributed by atoms with Gasteiger partial charge < -0.3 is 34.4 Å². The maximum atomic E-state index is 12.8. The number of fused-ring (bicyclic) bond motifs is 1. The third kappa shape index (κ3) is 6.67. The van der Waals surface area contributed by atoms with Crippen LogP contribution in [-0.2, 0) is 14.2 Å². The van der Waals surface area contributed by atoms with Gasteiger partial charge in [0.25, 0.3) is 0 Å². The standard InChI is InChI=1S/C30H33N5O7/c1-39-12-13-40-27-25-26(33-30(31)34-27)35(18-32-25)23-14-21(16-41-28(37)19-8-4-2-5-9-19)22(15-24(23)36)17-42-29(38)20-10-6-3-7-11-20/h2-11,18,21-24,36H,12-17H2,1H3,(H2,31,33,34)/t21-,22-,23-,24+/m1/s1. The average Bonchev–Trinajstić information content (AvgIpc) is 3.43. The Kier molecular flexibility index (Phi) is 9.25. The molecule has 0 radical (unpaired) electrons. The molecule has 0 aliphatic heterocycles. The predicted molar refractivity (Wildman–Crippen MR) is 152 cm³/mol. The molecule has 4 aromatic rings. The minimum atomic E-state index is -0.835. The molecule has 220 valence electrons. The van der Waals surface area contributed by atoms with E-state index in [-0.39, 0.29) is 49.9 Å². The van der Waals surface area contributed by atoms with Gasteiger partial charge in [-0.25, -0.2) is 14.6 Å². The number of hydrogen-bond acceptors (Lipinski definition) is 11. The van der Waals surface area contributed by atoms with Crippen LogP contribution in [0.2, 0.25) is 0 Å². The molecule has 5 rings (SSSR count). The molecule has 1 fully saturated rings. The van der Waals surface area contributed by atoms with Gasteiger partial charge in [0, 0.05) is 18.9 Å². The highest BCUT2D eigenvalue weighted by atomic mass is 16.5. The molecule has 0 unspecified atom stereocenters. The molecular formula is C30H33N5O7. The van der Waals surface area contributed by atoms with Gasteiger partial charge >= 0.3 is 11.9 Å². The summed E-state index contributed by atoms with van der Waals surface area (Å²) >= 11 is 0. The van der Waals surface area contributed by atoms with Crippen molar-refractivity contribution in [1.82, 2.24) is 19.5 Å². The molecule has 42 heavy (non-hydrogen) atoms. The van der Waals surface area contributed by atoms with Crippen LogP contribution in [0.15, 0.2) is 67.0 Å². The van der Waals surface area contributed by atoms with Crippen molar-refractivity contribution >= 4 is 29.1 Å². The lowest BCUT2D eigenvalue weighted by atomic mass is 9.76. The SMILES string of the molecule is COCCOc1nc(N)nc2c1ncn2[C@@H]1C[C@H](COC(=O)c2ccccc2)[C@@H](COC(=O)c2ccccc2)C[C@@H]1O. The molecule has 2 aromatic carbocycles.